The summed E-state index contributed by atoms with van der Waals surface area (Å²) in [6, 6.07) is 0.709. The topological polar surface area (TPSA) is 24.5 Å². The zero-order valence-electron chi connectivity index (χ0n) is 11.9. The maximum Gasteiger partial charge on any atom is 0.0589 e. The van der Waals surface area contributed by atoms with Crippen molar-refractivity contribution in [2.75, 3.05) is 39.9 Å². The van der Waals surface area contributed by atoms with E-state index in [1.807, 2.05) is 0 Å². The number of rotatable bonds is 9. The summed E-state index contributed by atoms with van der Waals surface area (Å²) in [5.41, 5.74) is 0. The average molecular weight is 242 g/mol. The molecule has 0 bridgehead atoms. The summed E-state index contributed by atoms with van der Waals surface area (Å²) in [4.78, 5) is 2.59. The molecular formula is C14H30N2O. The third-order valence-corrected chi connectivity index (χ3v) is 3.92. The zero-order valence-corrected chi connectivity index (χ0v) is 11.9. The predicted molar refractivity (Wildman–Crippen MR) is 73.4 cm³/mol. The van der Waals surface area contributed by atoms with E-state index in [0.717, 1.165) is 19.1 Å². The summed E-state index contributed by atoms with van der Waals surface area (Å²) in [6.07, 6.45) is 5.26. The van der Waals surface area contributed by atoms with Crippen molar-refractivity contribution in [1.82, 2.24) is 10.2 Å². The molecule has 1 rings (SSSR count). The van der Waals surface area contributed by atoms with Gasteiger partial charge in [0.25, 0.3) is 0 Å². The summed E-state index contributed by atoms with van der Waals surface area (Å²) >= 11 is 0. The Labute approximate surface area is 107 Å². The lowest BCUT2D eigenvalue weighted by molar-refractivity contribution is 0.128. The maximum absolute atomic E-state index is 5.22. The van der Waals surface area contributed by atoms with Gasteiger partial charge in [0.2, 0.25) is 0 Å². The van der Waals surface area contributed by atoms with Gasteiger partial charge in [0.05, 0.1) is 6.61 Å². The van der Waals surface area contributed by atoms with E-state index in [1.165, 1.54) is 45.3 Å². The largest absolute Gasteiger partial charge is 0.383 e. The molecule has 0 radical (unpaired) electrons. The fourth-order valence-electron chi connectivity index (χ4n) is 2.61. The SMILES string of the molecule is CCC(CC)CN(CCOC)CC1CCCN1. The van der Waals surface area contributed by atoms with E-state index in [-0.39, 0.29) is 0 Å². The Bertz CT molecular complexity index is 173. The highest BCUT2D eigenvalue weighted by molar-refractivity contribution is 4.78. The summed E-state index contributed by atoms with van der Waals surface area (Å²) in [5, 5.41) is 3.59. The molecule has 0 amide bonds. The van der Waals surface area contributed by atoms with Crippen molar-refractivity contribution in [2.45, 2.75) is 45.6 Å². The Morgan fingerprint density at radius 3 is 2.65 bits per heavy atom. The minimum Gasteiger partial charge on any atom is -0.383 e. The second kappa shape index (κ2) is 8.90. The second-order valence-corrected chi connectivity index (χ2v) is 5.23. The summed E-state index contributed by atoms with van der Waals surface area (Å²) in [7, 11) is 1.79. The van der Waals surface area contributed by atoms with Gasteiger partial charge in [-0.15, -0.1) is 0 Å². The van der Waals surface area contributed by atoms with Crippen molar-refractivity contribution >= 4 is 0 Å². The molecule has 1 atom stereocenters. The van der Waals surface area contributed by atoms with E-state index < -0.39 is 0 Å². The van der Waals surface area contributed by atoms with Gasteiger partial charge < -0.3 is 10.1 Å². The molecule has 0 aliphatic carbocycles. The van der Waals surface area contributed by atoms with Gasteiger partial charge in [-0.1, -0.05) is 26.7 Å². The first-order valence-corrected chi connectivity index (χ1v) is 7.24. The van der Waals surface area contributed by atoms with Crippen LogP contribution in [0, 0.1) is 5.92 Å². The molecule has 0 aromatic rings. The van der Waals surface area contributed by atoms with Crippen LogP contribution in [0.4, 0.5) is 0 Å². The van der Waals surface area contributed by atoms with Crippen LogP contribution in [-0.4, -0.2) is 50.8 Å². The molecule has 1 unspecified atom stereocenters. The molecule has 1 aliphatic heterocycles. The molecule has 0 spiro atoms. The molecular weight excluding hydrogens is 212 g/mol. The lowest BCUT2D eigenvalue weighted by Crippen LogP contribution is -2.41. The van der Waals surface area contributed by atoms with Gasteiger partial charge in [0.1, 0.15) is 0 Å². The highest BCUT2D eigenvalue weighted by Crippen LogP contribution is 2.12. The van der Waals surface area contributed by atoms with Crippen LogP contribution in [0.25, 0.3) is 0 Å². The molecule has 17 heavy (non-hydrogen) atoms. The van der Waals surface area contributed by atoms with Crippen LogP contribution in [0.5, 0.6) is 0 Å². The molecule has 1 fully saturated rings. The molecule has 0 aromatic carbocycles. The Balaban J connectivity index is 2.34. The highest BCUT2D eigenvalue weighted by atomic mass is 16.5. The van der Waals surface area contributed by atoms with Gasteiger partial charge in [0, 0.05) is 32.8 Å². The number of hydrogen-bond acceptors (Lipinski definition) is 3. The number of methoxy groups -OCH3 is 1. The first-order chi connectivity index (χ1) is 8.30. The van der Waals surface area contributed by atoms with Crippen LogP contribution in [0.15, 0.2) is 0 Å². The van der Waals surface area contributed by atoms with Crippen molar-refractivity contribution in [3.05, 3.63) is 0 Å². The molecule has 1 aliphatic rings. The van der Waals surface area contributed by atoms with E-state index in [0.29, 0.717) is 6.04 Å². The highest BCUT2D eigenvalue weighted by Gasteiger charge is 2.19. The normalized spacial score (nSPS) is 20.6. The summed E-state index contributed by atoms with van der Waals surface area (Å²) < 4.78 is 5.22. The van der Waals surface area contributed by atoms with Gasteiger partial charge in [0.15, 0.2) is 0 Å². The zero-order chi connectivity index (χ0) is 12.5. The van der Waals surface area contributed by atoms with Gasteiger partial charge in [-0.25, -0.2) is 0 Å². The Morgan fingerprint density at radius 2 is 2.12 bits per heavy atom. The van der Waals surface area contributed by atoms with Crippen LogP contribution >= 0.6 is 0 Å². The van der Waals surface area contributed by atoms with Crippen LogP contribution in [0.2, 0.25) is 0 Å². The quantitative estimate of drug-likeness (QED) is 0.670. The van der Waals surface area contributed by atoms with Crippen LogP contribution in [0.1, 0.15) is 39.5 Å². The van der Waals surface area contributed by atoms with Gasteiger partial charge in [-0.3, -0.25) is 4.90 Å². The standard InChI is InChI=1S/C14H30N2O/c1-4-13(5-2)11-16(9-10-17-3)12-14-7-6-8-15-14/h13-15H,4-12H2,1-3H3. The van der Waals surface area contributed by atoms with Gasteiger partial charge in [-0.2, -0.15) is 0 Å². The van der Waals surface area contributed by atoms with Crippen molar-refractivity contribution in [3.63, 3.8) is 0 Å². The predicted octanol–water partition coefficient (Wildman–Crippen LogP) is 2.12. The van der Waals surface area contributed by atoms with E-state index in [9.17, 15) is 0 Å². The fraction of sp³-hybridized carbons (Fsp3) is 1.00. The number of ether oxygens (including phenoxy) is 1. The van der Waals surface area contributed by atoms with Crippen molar-refractivity contribution in [3.8, 4) is 0 Å². The molecule has 102 valence electrons. The fourth-order valence-corrected chi connectivity index (χ4v) is 2.61. The van der Waals surface area contributed by atoms with Crippen molar-refractivity contribution in [2.24, 2.45) is 5.92 Å². The molecule has 1 N–H and O–H groups in total. The van der Waals surface area contributed by atoms with Crippen LogP contribution in [-0.2, 0) is 4.74 Å². The van der Waals surface area contributed by atoms with Gasteiger partial charge in [-0.05, 0) is 25.3 Å². The molecule has 0 aromatic heterocycles. The first-order valence-electron chi connectivity index (χ1n) is 7.24. The minimum atomic E-state index is 0.709. The lowest BCUT2D eigenvalue weighted by atomic mass is 10.0. The summed E-state index contributed by atoms with van der Waals surface area (Å²) in [5.74, 6) is 0.841. The lowest BCUT2D eigenvalue weighted by Gasteiger charge is -2.28. The third kappa shape index (κ3) is 5.84. The second-order valence-electron chi connectivity index (χ2n) is 5.23. The third-order valence-electron chi connectivity index (χ3n) is 3.92. The smallest absolute Gasteiger partial charge is 0.0589 e. The monoisotopic (exact) mass is 242 g/mol. The van der Waals surface area contributed by atoms with Crippen molar-refractivity contribution < 1.29 is 4.74 Å². The average Bonchev–Trinajstić information content (AvgIpc) is 2.85. The number of hydrogen-bond donors (Lipinski definition) is 1. The number of nitrogens with one attached hydrogen (secondary N) is 1. The van der Waals surface area contributed by atoms with Crippen LogP contribution < -0.4 is 5.32 Å². The Hall–Kier alpha value is -0.120. The Kier molecular flexibility index (Phi) is 7.82. The van der Waals surface area contributed by atoms with E-state index in [2.05, 4.69) is 24.1 Å². The van der Waals surface area contributed by atoms with E-state index >= 15 is 0 Å². The van der Waals surface area contributed by atoms with Crippen molar-refractivity contribution in [1.29, 1.82) is 0 Å². The molecule has 1 heterocycles. The first kappa shape index (κ1) is 14.9. The Morgan fingerprint density at radius 1 is 1.35 bits per heavy atom. The van der Waals surface area contributed by atoms with Crippen LogP contribution in [0.3, 0.4) is 0 Å². The molecule has 3 heteroatoms. The molecule has 1 saturated heterocycles. The maximum atomic E-state index is 5.22. The number of nitrogens with zero attached hydrogens (tertiary/aromatic N) is 1. The molecule has 0 saturated carbocycles. The summed E-state index contributed by atoms with van der Waals surface area (Å²) in [6.45, 7) is 10.2. The molecule has 3 nitrogen and oxygen atoms in total. The van der Waals surface area contributed by atoms with E-state index in [4.69, 9.17) is 4.74 Å². The van der Waals surface area contributed by atoms with Gasteiger partial charge >= 0.3 is 0 Å². The minimum absolute atomic E-state index is 0.709. The van der Waals surface area contributed by atoms with E-state index in [1.54, 1.807) is 7.11 Å².